The molecule has 2 aromatic heterocycles. The smallest absolute Gasteiger partial charge is 0.264 e. The van der Waals surface area contributed by atoms with Crippen LogP contribution in [0.5, 0.6) is 0 Å². The van der Waals surface area contributed by atoms with Crippen molar-refractivity contribution >= 4 is 59.7 Å². The number of benzene rings is 1. The number of hydrogen-bond donors (Lipinski definition) is 1. The fourth-order valence-corrected chi connectivity index (χ4v) is 5.51. The maximum atomic E-state index is 12.8. The number of anilines is 1. The van der Waals surface area contributed by atoms with E-state index in [0.717, 1.165) is 12.7 Å². The van der Waals surface area contributed by atoms with Gasteiger partial charge < -0.3 is 10.2 Å². The second-order valence-corrected chi connectivity index (χ2v) is 10.5. The summed E-state index contributed by atoms with van der Waals surface area (Å²) < 4.78 is 24.1. The number of aromatic nitrogens is 1. The Hall–Kier alpha value is -2.30. The first kappa shape index (κ1) is 19.0. The summed E-state index contributed by atoms with van der Waals surface area (Å²) in [5, 5.41) is 5.02. The molecule has 3 aromatic rings. The number of nitrogens with zero attached hydrogens (tertiary/aromatic N) is 2. The minimum Gasteiger partial charge on any atom is -0.326 e. The summed E-state index contributed by atoms with van der Waals surface area (Å²) >= 11 is 2.57. The number of likely N-dealkylation sites (tertiary alicyclic amines) is 1. The second-order valence-electron chi connectivity index (χ2n) is 6.54. The van der Waals surface area contributed by atoms with Crippen molar-refractivity contribution in [3.63, 3.8) is 0 Å². The van der Waals surface area contributed by atoms with Crippen molar-refractivity contribution in [1.29, 1.82) is 0 Å². The van der Waals surface area contributed by atoms with E-state index in [2.05, 4.69) is 10.3 Å². The maximum absolute atomic E-state index is 12.8. The highest BCUT2D eigenvalue weighted by molar-refractivity contribution is 7.90. The molecule has 1 atom stereocenters. The first-order valence-electron chi connectivity index (χ1n) is 8.59. The number of hydrogen-bond acceptors (Lipinski definition) is 7. The van der Waals surface area contributed by atoms with E-state index >= 15 is 0 Å². The van der Waals surface area contributed by atoms with Crippen molar-refractivity contribution in [2.75, 3.05) is 18.1 Å². The van der Waals surface area contributed by atoms with Crippen molar-refractivity contribution in [2.24, 2.45) is 0 Å². The second kappa shape index (κ2) is 7.26. The van der Waals surface area contributed by atoms with E-state index in [4.69, 9.17) is 0 Å². The van der Waals surface area contributed by atoms with E-state index in [1.165, 1.54) is 28.7 Å². The molecule has 146 valence electrons. The van der Waals surface area contributed by atoms with Gasteiger partial charge in [-0.25, -0.2) is 13.4 Å². The minimum atomic E-state index is -3.31. The number of thiophene rings is 1. The highest BCUT2D eigenvalue weighted by atomic mass is 32.2. The molecule has 2 amide bonds. The molecule has 0 spiro atoms. The zero-order valence-electron chi connectivity index (χ0n) is 14.9. The van der Waals surface area contributed by atoms with Crippen LogP contribution in [0.1, 0.15) is 22.5 Å². The topological polar surface area (TPSA) is 96.4 Å². The number of thiazole rings is 1. The largest absolute Gasteiger partial charge is 0.326 e. The van der Waals surface area contributed by atoms with E-state index in [1.54, 1.807) is 23.1 Å². The lowest BCUT2D eigenvalue weighted by Gasteiger charge is -2.22. The Morgan fingerprint density at radius 1 is 1.29 bits per heavy atom. The average molecular weight is 436 g/mol. The van der Waals surface area contributed by atoms with Gasteiger partial charge in [-0.3, -0.25) is 9.59 Å². The molecule has 1 saturated heterocycles. The highest BCUT2D eigenvalue weighted by Gasteiger charge is 2.35. The predicted molar refractivity (Wildman–Crippen MR) is 110 cm³/mol. The Morgan fingerprint density at radius 2 is 2.11 bits per heavy atom. The zero-order valence-corrected chi connectivity index (χ0v) is 17.4. The molecule has 28 heavy (non-hydrogen) atoms. The van der Waals surface area contributed by atoms with Gasteiger partial charge in [0.15, 0.2) is 15.0 Å². The van der Waals surface area contributed by atoms with Crippen molar-refractivity contribution in [1.82, 2.24) is 9.88 Å². The van der Waals surface area contributed by atoms with Gasteiger partial charge in [0.05, 0.1) is 20.0 Å². The number of carbonyl (C=O) groups excluding carboxylic acids is 2. The Morgan fingerprint density at radius 3 is 2.82 bits per heavy atom. The average Bonchev–Trinajstić information content (AvgIpc) is 3.38. The third-order valence-electron chi connectivity index (χ3n) is 4.57. The van der Waals surface area contributed by atoms with Gasteiger partial charge in [0.1, 0.15) is 6.04 Å². The van der Waals surface area contributed by atoms with Crippen molar-refractivity contribution in [3.8, 4) is 0 Å². The molecule has 1 fully saturated rings. The summed E-state index contributed by atoms with van der Waals surface area (Å²) in [6, 6.07) is 7.72. The SMILES string of the molecule is CS(=O)(=O)c1ccc2nc(NC(=O)C3CCCN3C(=O)c3cccs3)sc2c1. The molecule has 0 saturated carbocycles. The van der Waals surface area contributed by atoms with E-state index in [1.807, 2.05) is 11.4 Å². The van der Waals surface area contributed by atoms with Crippen molar-refractivity contribution < 1.29 is 18.0 Å². The van der Waals surface area contributed by atoms with E-state index in [0.29, 0.717) is 33.2 Å². The summed E-state index contributed by atoms with van der Waals surface area (Å²) in [5.41, 5.74) is 0.616. The zero-order chi connectivity index (χ0) is 19.9. The van der Waals surface area contributed by atoms with Gasteiger partial charge >= 0.3 is 0 Å². The lowest BCUT2D eigenvalue weighted by molar-refractivity contribution is -0.119. The van der Waals surface area contributed by atoms with Crippen LogP contribution in [0.15, 0.2) is 40.6 Å². The molecule has 7 nitrogen and oxygen atoms in total. The minimum absolute atomic E-state index is 0.130. The van der Waals surface area contributed by atoms with E-state index < -0.39 is 15.9 Å². The molecule has 0 aliphatic carbocycles. The number of carbonyl (C=O) groups is 2. The molecule has 1 aliphatic rings. The first-order valence-corrected chi connectivity index (χ1v) is 12.2. The van der Waals surface area contributed by atoms with Crippen LogP contribution in [0.3, 0.4) is 0 Å². The molecule has 3 heterocycles. The summed E-state index contributed by atoms with van der Waals surface area (Å²) in [6.45, 7) is 0.548. The van der Waals surface area contributed by atoms with Crippen LogP contribution in [-0.2, 0) is 14.6 Å². The van der Waals surface area contributed by atoms with Gasteiger partial charge in [-0.15, -0.1) is 11.3 Å². The molecule has 1 unspecified atom stereocenters. The van der Waals surface area contributed by atoms with Gasteiger partial charge in [-0.05, 0) is 42.5 Å². The third-order valence-corrected chi connectivity index (χ3v) is 7.47. The van der Waals surface area contributed by atoms with Crippen LogP contribution in [0, 0.1) is 0 Å². The standard InChI is InChI=1S/C18H17N3O4S3/c1-28(24,25)11-6-7-12-15(10-11)27-18(19-12)20-16(22)13-4-2-8-21(13)17(23)14-5-3-9-26-14/h3,5-7,9-10,13H,2,4,8H2,1H3,(H,19,20,22). The van der Waals surface area contributed by atoms with E-state index in [9.17, 15) is 18.0 Å². The molecule has 1 N–H and O–H groups in total. The lowest BCUT2D eigenvalue weighted by atomic mass is 10.2. The molecule has 4 rings (SSSR count). The lowest BCUT2D eigenvalue weighted by Crippen LogP contribution is -2.42. The normalized spacial score (nSPS) is 17.2. The summed E-state index contributed by atoms with van der Waals surface area (Å²) in [4.78, 5) is 32.2. The van der Waals surface area contributed by atoms with Gasteiger partial charge in [0.25, 0.3) is 5.91 Å². The molecule has 1 aliphatic heterocycles. The van der Waals surface area contributed by atoms with Crippen LogP contribution in [0.2, 0.25) is 0 Å². The van der Waals surface area contributed by atoms with Gasteiger partial charge in [-0.2, -0.15) is 0 Å². The Labute approximate surface area is 169 Å². The van der Waals surface area contributed by atoms with Crippen LogP contribution in [0.25, 0.3) is 10.2 Å². The van der Waals surface area contributed by atoms with Gasteiger partial charge in [0, 0.05) is 12.8 Å². The Balaban J connectivity index is 1.53. The summed E-state index contributed by atoms with van der Waals surface area (Å²) in [7, 11) is -3.31. The number of sulfone groups is 1. The van der Waals surface area contributed by atoms with Gasteiger partial charge in [-0.1, -0.05) is 17.4 Å². The predicted octanol–water partition coefficient (Wildman–Crippen LogP) is 3.00. The third kappa shape index (κ3) is 3.67. The number of amides is 2. The van der Waals surface area contributed by atoms with Crippen LogP contribution >= 0.6 is 22.7 Å². The molecule has 0 radical (unpaired) electrons. The summed E-state index contributed by atoms with van der Waals surface area (Å²) in [6.07, 6.45) is 2.52. The van der Waals surface area contributed by atoms with Crippen molar-refractivity contribution in [2.45, 2.75) is 23.8 Å². The number of fused-ring (bicyclic) bond motifs is 1. The molecule has 0 bridgehead atoms. The van der Waals surface area contributed by atoms with E-state index in [-0.39, 0.29) is 16.7 Å². The number of nitrogens with one attached hydrogen (secondary N) is 1. The fraction of sp³-hybridized carbons (Fsp3) is 0.278. The molecular formula is C18H17N3O4S3. The molecular weight excluding hydrogens is 418 g/mol. The van der Waals surface area contributed by atoms with Crippen molar-refractivity contribution in [3.05, 3.63) is 40.6 Å². The number of rotatable bonds is 4. The monoisotopic (exact) mass is 435 g/mol. The molecule has 1 aromatic carbocycles. The highest BCUT2D eigenvalue weighted by Crippen LogP contribution is 2.29. The van der Waals surface area contributed by atoms with Crippen LogP contribution in [0.4, 0.5) is 5.13 Å². The quantitative estimate of drug-likeness (QED) is 0.680. The van der Waals surface area contributed by atoms with Crippen LogP contribution < -0.4 is 5.32 Å². The Kier molecular flexibility index (Phi) is 4.94. The Bertz CT molecular complexity index is 1150. The fourth-order valence-electron chi connectivity index (χ4n) is 3.20. The summed E-state index contributed by atoms with van der Waals surface area (Å²) in [5.74, 6) is -0.403. The van der Waals surface area contributed by atoms with Crippen LogP contribution in [-0.4, -0.2) is 49.0 Å². The van der Waals surface area contributed by atoms with Gasteiger partial charge in [0.2, 0.25) is 5.91 Å². The molecule has 10 heteroatoms. The first-order chi connectivity index (χ1) is 13.3. The maximum Gasteiger partial charge on any atom is 0.264 e.